The highest BCUT2D eigenvalue weighted by molar-refractivity contribution is 6.32. The number of imidazole rings is 1. The lowest BCUT2D eigenvalue weighted by atomic mass is 9.76. The van der Waals surface area contributed by atoms with Gasteiger partial charge in [0.05, 0.1) is 30.5 Å². The van der Waals surface area contributed by atoms with E-state index in [0.717, 1.165) is 31.2 Å². The van der Waals surface area contributed by atoms with Crippen molar-refractivity contribution in [3.8, 4) is 11.5 Å². The van der Waals surface area contributed by atoms with Crippen molar-refractivity contribution < 1.29 is 24.1 Å². The maximum Gasteiger partial charge on any atom is 0.338 e. The van der Waals surface area contributed by atoms with Crippen LogP contribution in [-0.4, -0.2) is 45.3 Å². The highest BCUT2D eigenvalue weighted by atomic mass is 35.5. The number of rotatable bonds is 8. The molecule has 3 aromatic rings. The van der Waals surface area contributed by atoms with Gasteiger partial charge in [-0.05, 0) is 49.3 Å². The zero-order valence-electron chi connectivity index (χ0n) is 20.5. The van der Waals surface area contributed by atoms with Gasteiger partial charge >= 0.3 is 5.97 Å². The maximum absolute atomic E-state index is 13.3. The number of benzene rings is 1. The van der Waals surface area contributed by atoms with Crippen molar-refractivity contribution in [3.63, 3.8) is 0 Å². The summed E-state index contributed by atoms with van der Waals surface area (Å²) < 4.78 is 18.9. The van der Waals surface area contributed by atoms with Gasteiger partial charge < -0.3 is 19.3 Å². The van der Waals surface area contributed by atoms with Gasteiger partial charge in [-0.1, -0.05) is 24.4 Å². The minimum atomic E-state index is -0.779. The summed E-state index contributed by atoms with van der Waals surface area (Å²) in [5.74, 6) is 1.55. The molecule has 0 amide bonds. The lowest BCUT2D eigenvalue weighted by Crippen LogP contribution is -2.46. The summed E-state index contributed by atoms with van der Waals surface area (Å²) in [6, 6.07) is 5.42. The maximum atomic E-state index is 13.3. The Bertz CT molecular complexity index is 1280. The fourth-order valence-electron chi connectivity index (χ4n) is 5.60. The second-order valence-electron chi connectivity index (χ2n) is 9.57. The molecule has 9 heteroatoms. The summed E-state index contributed by atoms with van der Waals surface area (Å²) in [7, 11) is 3.17. The van der Waals surface area contributed by atoms with Gasteiger partial charge in [0.15, 0.2) is 0 Å². The summed E-state index contributed by atoms with van der Waals surface area (Å²) in [6.45, 7) is 0. The summed E-state index contributed by atoms with van der Waals surface area (Å²) in [5, 5.41) is 11.6. The molecule has 1 fully saturated rings. The number of hydrogen-bond acceptors (Lipinski definition) is 7. The third-order valence-electron chi connectivity index (χ3n) is 7.47. The average Bonchev–Trinajstić information content (AvgIpc) is 3.55. The second kappa shape index (κ2) is 10.0. The minimum Gasteiger partial charge on any atom is -0.512 e. The lowest BCUT2D eigenvalue weighted by molar-refractivity contribution is -0.167. The molecule has 2 aliphatic rings. The van der Waals surface area contributed by atoms with E-state index in [1.54, 1.807) is 30.9 Å². The molecule has 0 spiro atoms. The number of carbonyl (C=O) groups is 1. The third-order valence-corrected chi connectivity index (χ3v) is 7.77. The van der Waals surface area contributed by atoms with Gasteiger partial charge in [0, 0.05) is 37.5 Å². The molecular weight excluding hydrogens is 482 g/mol. The van der Waals surface area contributed by atoms with Gasteiger partial charge in [-0.15, -0.1) is 0 Å². The van der Waals surface area contributed by atoms with E-state index >= 15 is 0 Å². The fourth-order valence-corrected chi connectivity index (χ4v) is 5.86. The van der Waals surface area contributed by atoms with Crippen LogP contribution >= 0.6 is 11.6 Å². The van der Waals surface area contributed by atoms with Gasteiger partial charge in [0.25, 0.3) is 0 Å². The first-order valence-electron chi connectivity index (χ1n) is 12.3. The van der Waals surface area contributed by atoms with E-state index < -0.39 is 11.6 Å². The van der Waals surface area contributed by atoms with Crippen LogP contribution in [-0.2, 0) is 22.4 Å². The first kappa shape index (κ1) is 24.4. The number of ether oxygens (including phenoxy) is 3. The molecule has 1 atom stereocenters. The number of aliphatic hydroxyl groups excluding tert-OH is 1. The van der Waals surface area contributed by atoms with E-state index in [1.807, 2.05) is 24.5 Å². The van der Waals surface area contributed by atoms with E-state index in [9.17, 15) is 9.90 Å². The smallest absolute Gasteiger partial charge is 0.338 e. The van der Waals surface area contributed by atoms with E-state index in [4.69, 9.17) is 25.8 Å². The van der Waals surface area contributed by atoms with Gasteiger partial charge in [-0.2, -0.15) is 0 Å². The number of fused-ring (bicyclic) bond motifs is 1. The van der Waals surface area contributed by atoms with Gasteiger partial charge in [0.2, 0.25) is 5.78 Å². The molecule has 1 aromatic carbocycles. The van der Waals surface area contributed by atoms with Crippen LogP contribution < -0.4 is 9.47 Å². The van der Waals surface area contributed by atoms with Crippen LogP contribution in [0.15, 0.2) is 48.1 Å². The summed E-state index contributed by atoms with van der Waals surface area (Å²) in [6.07, 6.45) is 11.1. The number of hydrogen-bond donors (Lipinski definition) is 1. The predicted molar refractivity (Wildman–Crippen MR) is 135 cm³/mol. The standard InChI is InChI=1S/C27H30ClN3O5/c1-34-23-14-24(35-2)21(28)12-17(23)8-9-27(18-6-3-4-7-18)15-22(32)20(25(33)36-27)13-19-16-31-11-5-10-29-26(31)30-19/h5,10-12,14,16,18,32H,3-4,6-9,13,15H2,1-2H3. The van der Waals surface area contributed by atoms with Crippen molar-refractivity contribution in [2.45, 2.75) is 57.0 Å². The van der Waals surface area contributed by atoms with Crippen molar-refractivity contribution in [3.05, 3.63) is 64.4 Å². The first-order chi connectivity index (χ1) is 17.4. The monoisotopic (exact) mass is 511 g/mol. The number of aliphatic hydroxyl groups is 1. The summed E-state index contributed by atoms with van der Waals surface area (Å²) >= 11 is 6.39. The number of aromatic nitrogens is 3. The minimum absolute atomic E-state index is 0.0860. The van der Waals surface area contributed by atoms with Gasteiger partial charge in [-0.3, -0.25) is 4.40 Å². The summed E-state index contributed by atoms with van der Waals surface area (Å²) in [4.78, 5) is 22.0. The van der Waals surface area contributed by atoms with Crippen LogP contribution in [0.3, 0.4) is 0 Å². The van der Waals surface area contributed by atoms with Gasteiger partial charge in [-0.25, -0.2) is 14.8 Å². The van der Waals surface area contributed by atoms with Crippen molar-refractivity contribution in [2.75, 3.05) is 14.2 Å². The normalized spacial score (nSPS) is 20.7. The molecule has 0 bridgehead atoms. The molecule has 0 radical (unpaired) electrons. The van der Waals surface area contributed by atoms with Crippen LogP contribution in [0, 0.1) is 5.92 Å². The Morgan fingerprint density at radius 1 is 1.22 bits per heavy atom. The van der Waals surface area contributed by atoms with E-state index in [1.165, 1.54) is 0 Å². The predicted octanol–water partition coefficient (Wildman–Crippen LogP) is 5.26. The number of nitrogens with zero attached hydrogens (tertiary/aromatic N) is 3. The second-order valence-corrected chi connectivity index (χ2v) is 9.98. The number of cyclic esters (lactones) is 1. The average molecular weight is 512 g/mol. The van der Waals surface area contributed by atoms with Crippen LogP contribution in [0.2, 0.25) is 5.02 Å². The van der Waals surface area contributed by atoms with Crippen molar-refractivity contribution in [1.29, 1.82) is 0 Å². The van der Waals surface area contributed by atoms with Gasteiger partial charge in [0.1, 0.15) is 22.9 Å². The Morgan fingerprint density at radius 3 is 2.69 bits per heavy atom. The van der Waals surface area contributed by atoms with Crippen LogP contribution in [0.5, 0.6) is 11.5 Å². The first-order valence-corrected chi connectivity index (χ1v) is 12.6. The molecule has 1 unspecified atom stereocenters. The molecule has 3 heterocycles. The Hall–Kier alpha value is -3.26. The molecule has 8 nitrogen and oxygen atoms in total. The molecule has 0 saturated heterocycles. The number of aryl methyl sites for hydroxylation is 1. The third kappa shape index (κ3) is 4.62. The molecular formula is C27H30ClN3O5. The SMILES string of the molecule is COc1cc(OC)c(CCC2(C3CCCC3)CC(O)=C(Cc3cn4cccnc4n3)C(=O)O2)cc1Cl. The molecule has 190 valence electrons. The highest BCUT2D eigenvalue weighted by Gasteiger charge is 2.48. The van der Waals surface area contributed by atoms with Crippen LogP contribution in [0.25, 0.3) is 5.78 Å². The Kier molecular flexibility index (Phi) is 6.79. The molecule has 1 saturated carbocycles. The Morgan fingerprint density at radius 2 is 2.00 bits per heavy atom. The molecule has 36 heavy (non-hydrogen) atoms. The quantitative estimate of drug-likeness (QED) is 0.412. The fraction of sp³-hybridized carbons (Fsp3) is 0.444. The van der Waals surface area contributed by atoms with Crippen molar-refractivity contribution in [1.82, 2.24) is 14.4 Å². The zero-order chi connectivity index (χ0) is 25.3. The largest absolute Gasteiger partial charge is 0.512 e. The molecule has 5 rings (SSSR count). The van der Waals surface area contributed by atoms with Crippen molar-refractivity contribution >= 4 is 23.3 Å². The molecule has 1 aliphatic heterocycles. The van der Waals surface area contributed by atoms with E-state index in [-0.39, 0.29) is 30.1 Å². The Labute approximate surface area is 214 Å². The molecule has 1 N–H and O–H groups in total. The number of carbonyl (C=O) groups excluding carboxylic acids is 1. The van der Waals surface area contributed by atoms with Crippen molar-refractivity contribution in [2.24, 2.45) is 5.92 Å². The Balaban J connectivity index is 1.41. The number of halogens is 1. The van der Waals surface area contributed by atoms with Crippen LogP contribution in [0.1, 0.15) is 49.8 Å². The van der Waals surface area contributed by atoms with E-state index in [0.29, 0.717) is 40.8 Å². The lowest BCUT2D eigenvalue weighted by Gasteiger charge is -2.42. The number of methoxy groups -OCH3 is 2. The molecule has 1 aliphatic carbocycles. The van der Waals surface area contributed by atoms with E-state index in [2.05, 4.69) is 9.97 Å². The topological polar surface area (TPSA) is 95.2 Å². The highest BCUT2D eigenvalue weighted by Crippen LogP contribution is 2.46. The van der Waals surface area contributed by atoms with Crippen LogP contribution in [0.4, 0.5) is 0 Å². The zero-order valence-corrected chi connectivity index (χ0v) is 21.3. The molecule has 2 aromatic heterocycles. The summed E-state index contributed by atoms with van der Waals surface area (Å²) in [5.41, 5.74) is 1.04. The number of esters is 1.